The molecule has 2 amide bonds. The van der Waals surface area contributed by atoms with Crippen molar-refractivity contribution in [2.45, 2.75) is 6.42 Å². The second-order valence-electron chi connectivity index (χ2n) is 5.53. The highest BCUT2D eigenvalue weighted by Gasteiger charge is 2.59. The Morgan fingerprint density at radius 1 is 1.05 bits per heavy atom. The number of anilines is 1. The van der Waals surface area contributed by atoms with Gasteiger partial charge < -0.3 is 5.11 Å². The van der Waals surface area contributed by atoms with Crippen LogP contribution in [0.2, 0.25) is 0 Å². The maximum absolute atomic E-state index is 12.5. The van der Waals surface area contributed by atoms with Crippen LogP contribution < -0.4 is 4.90 Å². The SMILES string of the molecule is O=C1[C@@H]2[C@@H](C(=O)N1c1cccc(O)c1)[C@H]1C=C[C@H]2C1. The standard InChI is InChI=1S/C15H13NO3/c17-11-3-1-2-10(7-11)16-14(18)12-8-4-5-9(6-8)13(12)15(16)19/h1-5,7-9,12-13,17H,6H2/t8-,9-,12-,13-/m0/s1. The molecule has 1 aromatic rings. The molecule has 1 aromatic carbocycles. The van der Waals surface area contributed by atoms with Gasteiger partial charge in [-0.05, 0) is 30.4 Å². The second-order valence-corrected chi connectivity index (χ2v) is 5.53. The lowest BCUT2D eigenvalue weighted by molar-refractivity contribution is -0.123. The summed E-state index contributed by atoms with van der Waals surface area (Å²) in [6.45, 7) is 0. The van der Waals surface area contributed by atoms with Crippen molar-refractivity contribution in [3.05, 3.63) is 36.4 Å². The number of carbonyl (C=O) groups excluding carboxylic acids is 2. The van der Waals surface area contributed by atoms with Gasteiger partial charge in [0, 0.05) is 6.07 Å². The summed E-state index contributed by atoms with van der Waals surface area (Å²) >= 11 is 0. The third kappa shape index (κ3) is 1.28. The summed E-state index contributed by atoms with van der Waals surface area (Å²) in [5.41, 5.74) is 0.476. The summed E-state index contributed by atoms with van der Waals surface area (Å²) in [4.78, 5) is 26.2. The highest BCUT2D eigenvalue weighted by atomic mass is 16.3. The Balaban J connectivity index is 1.77. The van der Waals surface area contributed by atoms with Crippen LogP contribution in [0.4, 0.5) is 5.69 Å². The maximum Gasteiger partial charge on any atom is 0.238 e. The zero-order valence-corrected chi connectivity index (χ0v) is 10.2. The number of fused-ring (bicyclic) bond motifs is 5. The first-order valence-electron chi connectivity index (χ1n) is 6.52. The number of nitrogens with zero attached hydrogens (tertiary/aromatic N) is 1. The minimum atomic E-state index is -0.190. The van der Waals surface area contributed by atoms with Crippen LogP contribution in [0.1, 0.15) is 6.42 Å². The topological polar surface area (TPSA) is 57.6 Å². The average Bonchev–Trinajstić information content (AvgIpc) is 3.04. The number of allylic oxidation sites excluding steroid dienone is 2. The molecule has 0 unspecified atom stereocenters. The lowest BCUT2D eigenvalue weighted by Crippen LogP contribution is -2.32. The van der Waals surface area contributed by atoms with Gasteiger partial charge in [0.05, 0.1) is 17.5 Å². The Hall–Kier alpha value is -2.10. The summed E-state index contributed by atoms with van der Waals surface area (Å²) in [6.07, 6.45) is 5.08. The molecule has 96 valence electrons. The number of hydrogen-bond donors (Lipinski definition) is 1. The molecular weight excluding hydrogens is 242 g/mol. The molecular formula is C15H13NO3. The van der Waals surface area contributed by atoms with E-state index in [9.17, 15) is 14.7 Å². The Kier molecular flexibility index (Phi) is 1.97. The minimum Gasteiger partial charge on any atom is -0.508 e. The van der Waals surface area contributed by atoms with Crippen LogP contribution in [0.5, 0.6) is 5.75 Å². The fourth-order valence-corrected chi connectivity index (χ4v) is 3.79. The molecule has 1 saturated heterocycles. The molecule has 2 aliphatic carbocycles. The third-order valence-electron chi connectivity index (χ3n) is 4.56. The van der Waals surface area contributed by atoms with E-state index in [1.165, 1.54) is 17.0 Å². The van der Waals surface area contributed by atoms with Gasteiger partial charge in [0.2, 0.25) is 11.8 Å². The normalized spacial score (nSPS) is 35.3. The van der Waals surface area contributed by atoms with Crippen molar-refractivity contribution in [1.29, 1.82) is 0 Å². The molecule has 0 radical (unpaired) electrons. The molecule has 2 bridgehead atoms. The van der Waals surface area contributed by atoms with Gasteiger partial charge in [-0.25, -0.2) is 4.90 Å². The van der Waals surface area contributed by atoms with Crippen LogP contribution in [0.25, 0.3) is 0 Å². The van der Waals surface area contributed by atoms with E-state index in [1.54, 1.807) is 12.1 Å². The Bertz CT molecular complexity index is 592. The Morgan fingerprint density at radius 2 is 1.68 bits per heavy atom. The number of hydrogen-bond acceptors (Lipinski definition) is 3. The van der Waals surface area contributed by atoms with Crippen LogP contribution in [0, 0.1) is 23.7 Å². The average molecular weight is 255 g/mol. The first-order chi connectivity index (χ1) is 9.16. The molecule has 0 spiro atoms. The zero-order chi connectivity index (χ0) is 13.1. The van der Waals surface area contributed by atoms with Crippen LogP contribution in [0.3, 0.4) is 0 Å². The fraction of sp³-hybridized carbons (Fsp3) is 0.333. The molecule has 4 heteroatoms. The van der Waals surface area contributed by atoms with Crippen molar-refractivity contribution in [3.8, 4) is 5.75 Å². The van der Waals surface area contributed by atoms with Crippen LogP contribution in [-0.2, 0) is 9.59 Å². The lowest BCUT2D eigenvalue weighted by atomic mass is 9.85. The summed E-state index contributed by atoms with van der Waals surface area (Å²) in [6, 6.07) is 6.32. The minimum absolute atomic E-state index is 0.0660. The van der Waals surface area contributed by atoms with E-state index in [-0.39, 0.29) is 41.2 Å². The predicted molar refractivity (Wildman–Crippen MR) is 68.3 cm³/mol. The van der Waals surface area contributed by atoms with Crippen molar-refractivity contribution in [1.82, 2.24) is 0 Å². The van der Waals surface area contributed by atoms with E-state index in [1.807, 2.05) is 0 Å². The molecule has 1 saturated carbocycles. The van der Waals surface area contributed by atoms with Gasteiger partial charge in [-0.3, -0.25) is 9.59 Å². The van der Waals surface area contributed by atoms with E-state index in [0.29, 0.717) is 5.69 Å². The number of imide groups is 1. The summed E-state index contributed by atoms with van der Waals surface area (Å²) < 4.78 is 0. The van der Waals surface area contributed by atoms with Crippen molar-refractivity contribution >= 4 is 17.5 Å². The highest BCUT2D eigenvalue weighted by Crippen LogP contribution is 2.53. The lowest BCUT2D eigenvalue weighted by Gasteiger charge is -2.17. The molecule has 4 nitrogen and oxygen atoms in total. The van der Waals surface area contributed by atoms with Gasteiger partial charge >= 0.3 is 0 Å². The first-order valence-corrected chi connectivity index (χ1v) is 6.52. The van der Waals surface area contributed by atoms with Gasteiger partial charge in [-0.15, -0.1) is 0 Å². The largest absolute Gasteiger partial charge is 0.508 e. The van der Waals surface area contributed by atoms with E-state index in [4.69, 9.17) is 0 Å². The number of carbonyl (C=O) groups is 2. The second kappa shape index (κ2) is 3.47. The van der Waals surface area contributed by atoms with E-state index in [0.717, 1.165) is 6.42 Å². The van der Waals surface area contributed by atoms with Gasteiger partial charge in [0.15, 0.2) is 0 Å². The molecule has 1 N–H and O–H groups in total. The highest BCUT2D eigenvalue weighted by molar-refractivity contribution is 6.22. The molecule has 3 aliphatic rings. The number of phenols is 1. The van der Waals surface area contributed by atoms with Gasteiger partial charge in [-0.1, -0.05) is 18.2 Å². The Morgan fingerprint density at radius 3 is 2.26 bits per heavy atom. The zero-order valence-electron chi connectivity index (χ0n) is 10.2. The Labute approximate surface area is 110 Å². The number of amides is 2. The molecule has 4 atom stereocenters. The number of benzene rings is 1. The summed E-state index contributed by atoms with van der Waals surface area (Å²) in [5.74, 6) is -0.108. The van der Waals surface area contributed by atoms with Crippen LogP contribution >= 0.6 is 0 Å². The monoisotopic (exact) mass is 255 g/mol. The van der Waals surface area contributed by atoms with Crippen molar-refractivity contribution in [2.24, 2.45) is 23.7 Å². The molecule has 4 rings (SSSR count). The quantitative estimate of drug-likeness (QED) is 0.614. The smallest absolute Gasteiger partial charge is 0.238 e. The predicted octanol–water partition coefficient (Wildman–Crippen LogP) is 1.70. The molecule has 1 aliphatic heterocycles. The first kappa shape index (κ1) is 10.8. The van der Waals surface area contributed by atoms with E-state index >= 15 is 0 Å². The van der Waals surface area contributed by atoms with Gasteiger partial charge in [0.1, 0.15) is 5.75 Å². The summed E-state index contributed by atoms with van der Waals surface area (Å²) in [7, 11) is 0. The van der Waals surface area contributed by atoms with Crippen LogP contribution in [-0.4, -0.2) is 16.9 Å². The third-order valence-corrected chi connectivity index (χ3v) is 4.56. The van der Waals surface area contributed by atoms with Crippen molar-refractivity contribution in [2.75, 3.05) is 4.90 Å². The summed E-state index contributed by atoms with van der Waals surface area (Å²) in [5, 5.41) is 9.50. The fourth-order valence-electron chi connectivity index (χ4n) is 3.79. The maximum atomic E-state index is 12.5. The van der Waals surface area contributed by atoms with Gasteiger partial charge in [0.25, 0.3) is 0 Å². The van der Waals surface area contributed by atoms with Crippen molar-refractivity contribution < 1.29 is 14.7 Å². The van der Waals surface area contributed by atoms with E-state index in [2.05, 4.69) is 12.2 Å². The molecule has 1 heterocycles. The van der Waals surface area contributed by atoms with Crippen LogP contribution in [0.15, 0.2) is 36.4 Å². The molecule has 2 fully saturated rings. The number of aromatic hydroxyl groups is 1. The van der Waals surface area contributed by atoms with E-state index < -0.39 is 0 Å². The number of phenolic OH excluding ortho intramolecular Hbond substituents is 1. The van der Waals surface area contributed by atoms with Gasteiger partial charge in [-0.2, -0.15) is 0 Å². The van der Waals surface area contributed by atoms with Crippen molar-refractivity contribution in [3.63, 3.8) is 0 Å². The number of rotatable bonds is 1. The molecule has 0 aromatic heterocycles. The molecule has 19 heavy (non-hydrogen) atoms.